The summed E-state index contributed by atoms with van der Waals surface area (Å²) in [5.74, 6) is -0.00489. The van der Waals surface area contributed by atoms with Crippen LogP contribution in [0, 0.1) is 6.92 Å². The summed E-state index contributed by atoms with van der Waals surface area (Å²) in [6.45, 7) is 2.03. The second-order valence-corrected chi connectivity index (χ2v) is 6.78. The lowest BCUT2D eigenvalue weighted by Crippen LogP contribution is -2.28. The summed E-state index contributed by atoms with van der Waals surface area (Å²) in [6, 6.07) is 25.1. The summed E-state index contributed by atoms with van der Waals surface area (Å²) in [4.78, 5) is 14.9. The molecule has 3 nitrogen and oxygen atoms in total. The van der Waals surface area contributed by atoms with E-state index < -0.39 is 6.10 Å². The fraction of sp³-hybridized carbons (Fsp3) is 0.174. The molecule has 1 amide bonds. The van der Waals surface area contributed by atoms with Crippen LogP contribution in [-0.2, 0) is 0 Å². The van der Waals surface area contributed by atoms with E-state index in [-0.39, 0.29) is 11.9 Å². The lowest BCUT2D eigenvalue weighted by molar-refractivity contribution is 0.0980. The Kier molecular flexibility index (Phi) is 4.31. The first-order valence-corrected chi connectivity index (χ1v) is 8.87. The number of rotatable bonds is 4. The van der Waals surface area contributed by atoms with Gasteiger partial charge in [-0.3, -0.25) is 4.79 Å². The second-order valence-electron chi connectivity index (χ2n) is 6.78. The summed E-state index contributed by atoms with van der Waals surface area (Å²) < 4.78 is 0. The number of aliphatic hydroxyl groups is 1. The van der Waals surface area contributed by atoms with Crippen molar-refractivity contribution in [1.82, 2.24) is 0 Å². The van der Waals surface area contributed by atoms with Crippen LogP contribution in [0.5, 0.6) is 0 Å². The third-order valence-corrected chi connectivity index (χ3v) is 5.02. The van der Waals surface area contributed by atoms with Crippen molar-refractivity contribution in [3.05, 3.63) is 101 Å². The van der Waals surface area contributed by atoms with Crippen LogP contribution < -0.4 is 4.90 Å². The number of carbonyl (C=O) groups is 1. The summed E-state index contributed by atoms with van der Waals surface area (Å²) in [7, 11) is 0. The van der Waals surface area contributed by atoms with E-state index in [1.807, 2.05) is 90.7 Å². The van der Waals surface area contributed by atoms with Gasteiger partial charge in [-0.15, -0.1) is 0 Å². The van der Waals surface area contributed by atoms with Gasteiger partial charge in [0.05, 0.1) is 12.1 Å². The fourth-order valence-electron chi connectivity index (χ4n) is 3.65. The van der Waals surface area contributed by atoms with E-state index in [4.69, 9.17) is 0 Å². The normalized spacial score (nSPS) is 17.2. The van der Waals surface area contributed by atoms with E-state index in [2.05, 4.69) is 0 Å². The molecule has 1 heterocycles. The van der Waals surface area contributed by atoms with Gasteiger partial charge in [-0.05, 0) is 36.2 Å². The lowest BCUT2D eigenvalue weighted by Gasteiger charge is -2.27. The van der Waals surface area contributed by atoms with Gasteiger partial charge < -0.3 is 10.0 Å². The Morgan fingerprint density at radius 2 is 1.58 bits per heavy atom. The van der Waals surface area contributed by atoms with Crippen molar-refractivity contribution in [2.24, 2.45) is 0 Å². The third kappa shape index (κ3) is 2.91. The molecule has 2 atom stereocenters. The van der Waals surface area contributed by atoms with E-state index in [9.17, 15) is 9.90 Å². The summed E-state index contributed by atoms with van der Waals surface area (Å²) in [6.07, 6.45) is -0.172. The third-order valence-electron chi connectivity index (χ3n) is 5.02. The highest BCUT2D eigenvalue weighted by Gasteiger charge is 2.38. The first-order valence-electron chi connectivity index (χ1n) is 8.87. The molecule has 1 aliphatic heterocycles. The van der Waals surface area contributed by atoms with Crippen molar-refractivity contribution in [3.8, 4) is 0 Å². The quantitative estimate of drug-likeness (QED) is 0.738. The standard InChI is InChI=1S/C23H21NO2/c1-16-11-13-18(14-12-16)24-21(15-22(25)17-7-3-2-4-8-17)19-9-5-6-10-20(19)23(24)26/h2-14,21-22,25H,15H2,1H3. The Balaban J connectivity index is 1.72. The van der Waals surface area contributed by atoms with Gasteiger partial charge in [0.25, 0.3) is 5.91 Å². The summed E-state index contributed by atoms with van der Waals surface area (Å²) in [5.41, 5.74) is 4.58. The minimum atomic E-state index is -0.631. The van der Waals surface area contributed by atoms with Crippen LogP contribution >= 0.6 is 0 Å². The van der Waals surface area contributed by atoms with Gasteiger partial charge in [0.15, 0.2) is 0 Å². The van der Waals surface area contributed by atoms with Gasteiger partial charge in [-0.1, -0.05) is 66.2 Å². The highest BCUT2D eigenvalue weighted by Crippen LogP contribution is 2.42. The first kappa shape index (κ1) is 16.6. The Hall–Kier alpha value is -2.91. The fourth-order valence-corrected chi connectivity index (χ4v) is 3.65. The Labute approximate surface area is 153 Å². The van der Waals surface area contributed by atoms with E-state index in [1.54, 1.807) is 0 Å². The largest absolute Gasteiger partial charge is 0.388 e. The van der Waals surface area contributed by atoms with Crippen molar-refractivity contribution < 1.29 is 9.90 Å². The van der Waals surface area contributed by atoms with Crippen LogP contribution in [0.4, 0.5) is 5.69 Å². The van der Waals surface area contributed by atoms with Crippen LogP contribution in [0.15, 0.2) is 78.9 Å². The predicted molar refractivity (Wildman–Crippen MR) is 103 cm³/mol. The number of hydrogen-bond donors (Lipinski definition) is 1. The number of amides is 1. The van der Waals surface area contributed by atoms with Crippen LogP contribution in [0.25, 0.3) is 0 Å². The van der Waals surface area contributed by atoms with Gasteiger partial charge in [-0.25, -0.2) is 0 Å². The van der Waals surface area contributed by atoms with Gasteiger partial charge in [0.1, 0.15) is 0 Å². The molecule has 3 aromatic rings. The van der Waals surface area contributed by atoms with Crippen molar-refractivity contribution >= 4 is 11.6 Å². The number of carbonyl (C=O) groups excluding carboxylic acids is 1. The molecule has 0 aliphatic carbocycles. The minimum absolute atomic E-state index is 0.00489. The average molecular weight is 343 g/mol. The number of benzene rings is 3. The zero-order valence-corrected chi connectivity index (χ0v) is 14.7. The zero-order chi connectivity index (χ0) is 18.1. The maximum Gasteiger partial charge on any atom is 0.259 e. The number of fused-ring (bicyclic) bond motifs is 1. The van der Waals surface area contributed by atoms with Gasteiger partial charge in [0, 0.05) is 17.7 Å². The smallest absolute Gasteiger partial charge is 0.259 e. The second kappa shape index (κ2) is 6.77. The summed E-state index contributed by atoms with van der Waals surface area (Å²) >= 11 is 0. The first-order chi connectivity index (χ1) is 12.6. The molecule has 0 aromatic heterocycles. The molecule has 4 rings (SSSR count). The molecule has 2 unspecified atom stereocenters. The van der Waals surface area contributed by atoms with Gasteiger partial charge >= 0.3 is 0 Å². The number of nitrogens with zero attached hydrogens (tertiary/aromatic N) is 1. The maximum absolute atomic E-state index is 13.1. The molecule has 0 saturated carbocycles. The summed E-state index contributed by atoms with van der Waals surface area (Å²) in [5, 5.41) is 10.8. The van der Waals surface area contributed by atoms with E-state index in [0.717, 1.165) is 27.9 Å². The van der Waals surface area contributed by atoms with Gasteiger partial charge in [-0.2, -0.15) is 0 Å². The van der Waals surface area contributed by atoms with Crippen LogP contribution in [-0.4, -0.2) is 11.0 Å². The molecule has 1 aliphatic rings. The van der Waals surface area contributed by atoms with Crippen molar-refractivity contribution in [3.63, 3.8) is 0 Å². The number of aryl methyl sites for hydroxylation is 1. The highest BCUT2D eigenvalue weighted by molar-refractivity contribution is 6.11. The molecule has 1 N–H and O–H groups in total. The predicted octanol–water partition coefficient (Wildman–Crippen LogP) is 4.82. The zero-order valence-electron chi connectivity index (χ0n) is 14.7. The topological polar surface area (TPSA) is 40.5 Å². The van der Waals surface area contributed by atoms with Crippen LogP contribution in [0.2, 0.25) is 0 Å². The molecule has 0 fully saturated rings. The number of anilines is 1. The van der Waals surface area contributed by atoms with E-state index >= 15 is 0 Å². The molecule has 0 bridgehead atoms. The average Bonchev–Trinajstić information content (AvgIpc) is 2.95. The Bertz CT molecular complexity index is 918. The SMILES string of the molecule is Cc1ccc(N2C(=O)c3ccccc3C2CC(O)c2ccccc2)cc1. The van der Waals surface area contributed by atoms with Crippen molar-refractivity contribution in [1.29, 1.82) is 0 Å². The van der Waals surface area contributed by atoms with Crippen LogP contribution in [0.1, 0.15) is 45.6 Å². The van der Waals surface area contributed by atoms with E-state index in [0.29, 0.717) is 6.42 Å². The molecule has 3 aromatic carbocycles. The molecule has 0 saturated heterocycles. The van der Waals surface area contributed by atoms with E-state index in [1.165, 1.54) is 0 Å². The number of hydrogen-bond acceptors (Lipinski definition) is 2. The molecule has 130 valence electrons. The molecular weight excluding hydrogens is 322 g/mol. The van der Waals surface area contributed by atoms with Crippen LogP contribution in [0.3, 0.4) is 0 Å². The molecule has 0 radical (unpaired) electrons. The maximum atomic E-state index is 13.1. The highest BCUT2D eigenvalue weighted by atomic mass is 16.3. The Morgan fingerprint density at radius 3 is 2.31 bits per heavy atom. The molecule has 3 heteroatoms. The molecular formula is C23H21NO2. The molecule has 26 heavy (non-hydrogen) atoms. The number of aliphatic hydroxyl groups excluding tert-OH is 1. The van der Waals surface area contributed by atoms with Gasteiger partial charge in [0.2, 0.25) is 0 Å². The minimum Gasteiger partial charge on any atom is -0.388 e. The lowest BCUT2D eigenvalue weighted by atomic mass is 9.96. The Morgan fingerprint density at radius 1 is 0.923 bits per heavy atom. The van der Waals surface area contributed by atoms with Crippen molar-refractivity contribution in [2.75, 3.05) is 4.90 Å². The molecule has 0 spiro atoms. The monoisotopic (exact) mass is 343 g/mol. The van der Waals surface area contributed by atoms with Crippen molar-refractivity contribution in [2.45, 2.75) is 25.5 Å².